The summed E-state index contributed by atoms with van der Waals surface area (Å²) < 4.78 is 23.5. The Morgan fingerprint density at radius 3 is 2.67 bits per heavy atom. The first-order chi connectivity index (χ1) is 12.9. The molecule has 3 rings (SSSR count). The van der Waals surface area contributed by atoms with Crippen molar-refractivity contribution in [3.05, 3.63) is 59.8 Å². The van der Waals surface area contributed by atoms with Gasteiger partial charge >= 0.3 is 0 Å². The number of nitrogens with one attached hydrogen (secondary N) is 1. The summed E-state index contributed by atoms with van der Waals surface area (Å²) in [5.74, 6) is 0.664. The predicted molar refractivity (Wildman–Crippen MR) is 106 cm³/mol. The van der Waals surface area contributed by atoms with Crippen molar-refractivity contribution >= 4 is 21.6 Å². The Morgan fingerprint density at radius 2 is 2.04 bits per heavy atom. The number of aromatic nitrogens is 1. The first-order valence-electron chi connectivity index (χ1n) is 9.18. The molecule has 1 fully saturated rings. The van der Waals surface area contributed by atoms with Crippen molar-refractivity contribution in [3.63, 3.8) is 0 Å². The zero-order valence-corrected chi connectivity index (χ0v) is 16.4. The Kier molecular flexibility index (Phi) is 5.79. The number of anilines is 1. The number of carbonyl (C=O) groups excluding carboxylic acids is 1. The molecular formula is C20H25N3O3S. The SMILES string of the molecule is CCN(C(=O)c1ccnc(NC(C)c2ccccc2)c1)C1CCS(=O)(=O)C1. The number of nitrogens with zero attached hydrogens (tertiary/aromatic N) is 2. The molecule has 2 heterocycles. The van der Waals surface area contributed by atoms with E-state index in [0.29, 0.717) is 24.3 Å². The zero-order chi connectivity index (χ0) is 19.4. The van der Waals surface area contributed by atoms with E-state index in [2.05, 4.69) is 10.3 Å². The number of hydrogen-bond acceptors (Lipinski definition) is 5. The summed E-state index contributed by atoms with van der Waals surface area (Å²) in [6, 6.07) is 13.2. The minimum Gasteiger partial charge on any atom is -0.364 e. The largest absolute Gasteiger partial charge is 0.364 e. The molecule has 0 spiro atoms. The maximum atomic E-state index is 13.0. The summed E-state index contributed by atoms with van der Waals surface area (Å²) in [5.41, 5.74) is 1.64. The average Bonchev–Trinajstić information content (AvgIpc) is 3.02. The highest BCUT2D eigenvalue weighted by Crippen LogP contribution is 2.22. The molecule has 1 aromatic carbocycles. The van der Waals surface area contributed by atoms with Crippen molar-refractivity contribution in [2.75, 3.05) is 23.4 Å². The second-order valence-corrected chi connectivity index (χ2v) is 9.08. The molecule has 0 aliphatic carbocycles. The van der Waals surface area contributed by atoms with Crippen LogP contribution in [-0.4, -0.2) is 48.3 Å². The third-order valence-electron chi connectivity index (χ3n) is 4.92. The van der Waals surface area contributed by atoms with Crippen LogP contribution in [0.4, 0.5) is 5.82 Å². The van der Waals surface area contributed by atoms with Gasteiger partial charge in [0.05, 0.1) is 11.5 Å². The molecule has 1 aromatic heterocycles. The van der Waals surface area contributed by atoms with Crippen molar-refractivity contribution in [2.45, 2.75) is 32.4 Å². The van der Waals surface area contributed by atoms with E-state index >= 15 is 0 Å². The van der Waals surface area contributed by atoms with Crippen LogP contribution < -0.4 is 5.32 Å². The summed E-state index contributed by atoms with van der Waals surface area (Å²) in [5, 5.41) is 3.32. The fraction of sp³-hybridized carbons (Fsp3) is 0.400. The number of pyridine rings is 1. The second kappa shape index (κ2) is 8.08. The van der Waals surface area contributed by atoms with E-state index < -0.39 is 9.84 Å². The highest BCUT2D eigenvalue weighted by molar-refractivity contribution is 7.91. The van der Waals surface area contributed by atoms with Gasteiger partial charge in [-0.3, -0.25) is 4.79 Å². The van der Waals surface area contributed by atoms with Crippen molar-refractivity contribution in [2.24, 2.45) is 0 Å². The Hall–Kier alpha value is -2.41. The van der Waals surface area contributed by atoms with Gasteiger partial charge in [0, 0.05) is 30.4 Å². The fourth-order valence-corrected chi connectivity index (χ4v) is 5.17. The summed E-state index contributed by atoms with van der Waals surface area (Å²) >= 11 is 0. The normalized spacial score (nSPS) is 19.4. The quantitative estimate of drug-likeness (QED) is 0.824. The van der Waals surface area contributed by atoms with Crippen LogP contribution in [0.2, 0.25) is 0 Å². The van der Waals surface area contributed by atoms with Gasteiger partial charge in [-0.25, -0.2) is 13.4 Å². The predicted octanol–water partition coefficient (Wildman–Crippen LogP) is 2.90. The van der Waals surface area contributed by atoms with Gasteiger partial charge in [-0.2, -0.15) is 0 Å². The van der Waals surface area contributed by atoms with Gasteiger partial charge in [-0.1, -0.05) is 30.3 Å². The molecule has 1 saturated heterocycles. The summed E-state index contributed by atoms with van der Waals surface area (Å²) in [4.78, 5) is 18.9. The van der Waals surface area contributed by atoms with Crippen molar-refractivity contribution in [1.82, 2.24) is 9.88 Å². The molecule has 1 amide bonds. The van der Waals surface area contributed by atoms with E-state index in [1.54, 1.807) is 23.2 Å². The number of benzene rings is 1. The molecule has 2 atom stereocenters. The number of carbonyl (C=O) groups is 1. The Bertz CT molecular complexity index is 900. The minimum atomic E-state index is -3.04. The smallest absolute Gasteiger partial charge is 0.254 e. The van der Waals surface area contributed by atoms with Crippen LogP contribution >= 0.6 is 0 Å². The topological polar surface area (TPSA) is 79.4 Å². The second-order valence-electron chi connectivity index (χ2n) is 6.85. The number of rotatable bonds is 6. The maximum Gasteiger partial charge on any atom is 0.254 e. The van der Waals surface area contributed by atoms with Gasteiger partial charge in [0.1, 0.15) is 5.82 Å². The molecular weight excluding hydrogens is 362 g/mol. The van der Waals surface area contributed by atoms with Gasteiger partial charge in [-0.05, 0) is 38.0 Å². The summed E-state index contributed by atoms with van der Waals surface area (Å²) in [6.07, 6.45) is 2.11. The Labute approximate surface area is 160 Å². The van der Waals surface area contributed by atoms with Gasteiger partial charge < -0.3 is 10.2 Å². The lowest BCUT2D eigenvalue weighted by Gasteiger charge is -2.27. The number of hydrogen-bond donors (Lipinski definition) is 1. The van der Waals surface area contributed by atoms with Gasteiger partial charge in [-0.15, -0.1) is 0 Å². The molecule has 0 radical (unpaired) electrons. The maximum absolute atomic E-state index is 13.0. The first-order valence-corrected chi connectivity index (χ1v) is 11.0. The first kappa shape index (κ1) is 19.4. The number of sulfone groups is 1. The van der Waals surface area contributed by atoms with E-state index in [1.165, 1.54) is 0 Å². The van der Waals surface area contributed by atoms with Crippen molar-refractivity contribution < 1.29 is 13.2 Å². The number of amides is 1. The molecule has 27 heavy (non-hydrogen) atoms. The minimum absolute atomic E-state index is 0.0475. The average molecular weight is 388 g/mol. The lowest BCUT2D eigenvalue weighted by molar-refractivity contribution is 0.0708. The van der Waals surface area contributed by atoms with Crippen LogP contribution in [-0.2, 0) is 9.84 Å². The molecule has 1 aliphatic rings. The van der Waals surface area contributed by atoms with Crippen LogP contribution in [0.5, 0.6) is 0 Å². The van der Waals surface area contributed by atoms with Crippen LogP contribution in [0.25, 0.3) is 0 Å². The molecule has 1 aliphatic heterocycles. The summed E-state index contributed by atoms with van der Waals surface area (Å²) in [6.45, 7) is 4.39. The van der Waals surface area contributed by atoms with Crippen molar-refractivity contribution in [3.8, 4) is 0 Å². The van der Waals surface area contributed by atoms with E-state index in [0.717, 1.165) is 5.56 Å². The Morgan fingerprint density at radius 1 is 1.30 bits per heavy atom. The van der Waals surface area contributed by atoms with E-state index in [-0.39, 0.29) is 29.5 Å². The van der Waals surface area contributed by atoms with Crippen LogP contribution in [0.3, 0.4) is 0 Å². The summed E-state index contributed by atoms with van der Waals surface area (Å²) in [7, 11) is -3.04. The van der Waals surface area contributed by atoms with Gasteiger partial charge in [0.15, 0.2) is 9.84 Å². The van der Waals surface area contributed by atoms with E-state index in [1.807, 2.05) is 44.2 Å². The third kappa shape index (κ3) is 4.66. The molecule has 7 heteroatoms. The standard InChI is InChI=1S/C20H25N3O3S/c1-3-23(18-10-12-27(25,26)14-18)20(24)17-9-11-21-19(13-17)22-15(2)16-7-5-4-6-8-16/h4-9,11,13,15,18H,3,10,12,14H2,1-2H3,(H,21,22). The van der Waals surface area contributed by atoms with E-state index in [9.17, 15) is 13.2 Å². The third-order valence-corrected chi connectivity index (χ3v) is 6.67. The molecule has 1 N–H and O–H groups in total. The van der Waals surface area contributed by atoms with Gasteiger partial charge in [0.2, 0.25) is 0 Å². The lowest BCUT2D eigenvalue weighted by atomic mass is 10.1. The fourth-order valence-electron chi connectivity index (χ4n) is 3.44. The molecule has 2 unspecified atom stereocenters. The monoisotopic (exact) mass is 387 g/mol. The molecule has 2 aromatic rings. The molecule has 6 nitrogen and oxygen atoms in total. The van der Waals surface area contributed by atoms with E-state index in [4.69, 9.17) is 0 Å². The van der Waals surface area contributed by atoms with Crippen LogP contribution in [0.15, 0.2) is 48.7 Å². The Balaban J connectivity index is 1.75. The highest BCUT2D eigenvalue weighted by Gasteiger charge is 2.34. The van der Waals surface area contributed by atoms with Gasteiger partial charge in [0.25, 0.3) is 5.91 Å². The van der Waals surface area contributed by atoms with Crippen molar-refractivity contribution in [1.29, 1.82) is 0 Å². The molecule has 144 valence electrons. The van der Waals surface area contributed by atoms with Crippen LogP contribution in [0.1, 0.15) is 42.2 Å². The zero-order valence-electron chi connectivity index (χ0n) is 15.6. The molecule has 0 saturated carbocycles. The molecule has 0 bridgehead atoms. The highest BCUT2D eigenvalue weighted by atomic mass is 32.2. The lowest BCUT2D eigenvalue weighted by Crippen LogP contribution is -2.41. The van der Waals surface area contributed by atoms with Crippen LogP contribution in [0, 0.1) is 0 Å².